The third-order valence-corrected chi connectivity index (χ3v) is 6.14. The van der Waals surface area contributed by atoms with Crippen LogP contribution < -0.4 is 10.1 Å². The fourth-order valence-corrected chi connectivity index (χ4v) is 4.05. The van der Waals surface area contributed by atoms with Crippen molar-refractivity contribution in [1.82, 2.24) is 14.8 Å². The molecule has 0 radical (unpaired) electrons. The molecule has 0 aliphatic rings. The largest absolute Gasteiger partial charge is 0.494 e. The number of nitrogens with zero attached hydrogens (tertiary/aromatic N) is 4. The predicted octanol–water partition coefficient (Wildman–Crippen LogP) is 6.00. The number of hydrogen-bond acceptors (Lipinski definition) is 5. The number of carbonyl (C=O) groups is 1. The van der Waals surface area contributed by atoms with Crippen molar-refractivity contribution in [3.63, 3.8) is 0 Å². The van der Waals surface area contributed by atoms with Gasteiger partial charge in [0.15, 0.2) is 11.6 Å². The molecule has 7 heteroatoms. The number of hydrogen-bond donors (Lipinski definition) is 1. The van der Waals surface area contributed by atoms with E-state index in [1.165, 1.54) is 16.4 Å². The second-order valence-electron chi connectivity index (χ2n) is 9.97. The molecule has 0 aliphatic carbocycles. The molecule has 7 nitrogen and oxygen atoms in total. The first-order valence-corrected chi connectivity index (χ1v) is 12.1. The van der Waals surface area contributed by atoms with Crippen LogP contribution in [0.15, 0.2) is 54.7 Å². The highest BCUT2D eigenvalue weighted by Gasteiger charge is 2.17. The lowest BCUT2D eigenvalue weighted by Crippen LogP contribution is -2.17. The number of aromatic nitrogens is 3. The number of pyridine rings is 1. The maximum absolute atomic E-state index is 12.7. The quantitative estimate of drug-likeness (QED) is 0.327. The SMILES string of the molecule is Cc1cc(-n2ncc(C#N)c2NC(=O)CCCOc2ccc(C(C)(C)C)cc2)nc2c(C)cccc12. The third kappa shape index (κ3) is 5.38. The summed E-state index contributed by atoms with van der Waals surface area (Å²) in [6, 6.07) is 18.1. The van der Waals surface area contributed by atoms with Gasteiger partial charge in [0.2, 0.25) is 5.91 Å². The van der Waals surface area contributed by atoms with Gasteiger partial charge in [-0.2, -0.15) is 15.0 Å². The van der Waals surface area contributed by atoms with Crippen LogP contribution in [0.3, 0.4) is 0 Å². The molecule has 2 aromatic heterocycles. The Morgan fingerprint density at radius 1 is 1.11 bits per heavy atom. The number of fused-ring (bicyclic) bond motifs is 1. The lowest BCUT2D eigenvalue weighted by Gasteiger charge is -2.19. The molecule has 36 heavy (non-hydrogen) atoms. The van der Waals surface area contributed by atoms with E-state index >= 15 is 0 Å². The van der Waals surface area contributed by atoms with Crippen molar-refractivity contribution in [3.05, 3.63) is 77.0 Å². The molecule has 4 aromatic rings. The first kappa shape index (κ1) is 24.9. The standard InChI is InChI=1S/C29H31N5O2/c1-19-8-6-9-24-20(2)16-25(32-27(19)24)34-28(21(17-30)18-31-34)33-26(35)10-7-15-36-23-13-11-22(12-14-23)29(3,4)5/h6,8-9,11-14,16,18H,7,10,15H2,1-5H3,(H,33,35). The van der Waals surface area contributed by atoms with Crippen LogP contribution >= 0.6 is 0 Å². The summed E-state index contributed by atoms with van der Waals surface area (Å²) in [4.78, 5) is 17.5. The van der Waals surface area contributed by atoms with Crippen molar-refractivity contribution >= 4 is 22.6 Å². The van der Waals surface area contributed by atoms with E-state index < -0.39 is 0 Å². The lowest BCUT2D eigenvalue weighted by molar-refractivity contribution is -0.116. The van der Waals surface area contributed by atoms with E-state index in [1.807, 2.05) is 50.2 Å². The molecular formula is C29H31N5O2. The van der Waals surface area contributed by atoms with Crippen molar-refractivity contribution in [1.29, 1.82) is 5.26 Å². The average Bonchev–Trinajstić information content (AvgIpc) is 3.24. The first-order valence-electron chi connectivity index (χ1n) is 12.1. The van der Waals surface area contributed by atoms with Crippen LogP contribution in [-0.2, 0) is 10.2 Å². The molecule has 0 spiro atoms. The highest BCUT2D eigenvalue weighted by Crippen LogP contribution is 2.26. The van der Waals surface area contributed by atoms with Crippen LogP contribution in [0.4, 0.5) is 5.82 Å². The fraction of sp³-hybridized carbons (Fsp3) is 0.310. The van der Waals surface area contributed by atoms with Crippen LogP contribution in [0.5, 0.6) is 5.75 Å². The summed E-state index contributed by atoms with van der Waals surface area (Å²) in [6.45, 7) is 10.9. The summed E-state index contributed by atoms with van der Waals surface area (Å²) < 4.78 is 7.32. The molecule has 1 amide bonds. The Morgan fingerprint density at radius 2 is 1.86 bits per heavy atom. The number of anilines is 1. The Morgan fingerprint density at radius 3 is 2.56 bits per heavy atom. The number of aryl methyl sites for hydroxylation is 2. The summed E-state index contributed by atoms with van der Waals surface area (Å²) in [6.07, 6.45) is 2.23. The van der Waals surface area contributed by atoms with E-state index in [-0.39, 0.29) is 23.3 Å². The molecule has 2 heterocycles. The minimum Gasteiger partial charge on any atom is -0.494 e. The second kappa shape index (κ2) is 10.2. The van der Waals surface area contributed by atoms with E-state index in [0.29, 0.717) is 24.7 Å². The molecule has 0 unspecified atom stereocenters. The van der Waals surface area contributed by atoms with Gasteiger partial charge in [-0.3, -0.25) is 4.79 Å². The fourth-order valence-electron chi connectivity index (χ4n) is 4.05. The minimum absolute atomic E-state index is 0.0886. The molecule has 184 valence electrons. The summed E-state index contributed by atoms with van der Waals surface area (Å²) in [5.41, 5.74) is 4.56. The van der Waals surface area contributed by atoms with Gasteiger partial charge in [0.25, 0.3) is 0 Å². The lowest BCUT2D eigenvalue weighted by atomic mass is 9.87. The van der Waals surface area contributed by atoms with Gasteiger partial charge in [-0.15, -0.1) is 0 Å². The van der Waals surface area contributed by atoms with Crippen molar-refractivity contribution < 1.29 is 9.53 Å². The average molecular weight is 482 g/mol. The van der Waals surface area contributed by atoms with Crippen molar-refractivity contribution in [3.8, 4) is 17.6 Å². The molecule has 4 rings (SSSR count). The van der Waals surface area contributed by atoms with Crippen LogP contribution in [0, 0.1) is 25.2 Å². The second-order valence-corrected chi connectivity index (χ2v) is 9.97. The molecule has 0 fully saturated rings. The van der Waals surface area contributed by atoms with Gasteiger partial charge >= 0.3 is 0 Å². The van der Waals surface area contributed by atoms with E-state index in [4.69, 9.17) is 9.72 Å². The smallest absolute Gasteiger partial charge is 0.225 e. The van der Waals surface area contributed by atoms with E-state index in [2.05, 4.69) is 49.4 Å². The van der Waals surface area contributed by atoms with Crippen molar-refractivity contribution in [2.75, 3.05) is 11.9 Å². The zero-order valence-electron chi connectivity index (χ0n) is 21.4. The minimum atomic E-state index is -0.214. The predicted molar refractivity (Wildman–Crippen MR) is 142 cm³/mol. The third-order valence-electron chi connectivity index (χ3n) is 6.14. The Hall–Kier alpha value is -4.18. The van der Waals surface area contributed by atoms with Gasteiger partial charge in [0.05, 0.1) is 18.3 Å². The molecule has 1 N–H and O–H groups in total. The van der Waals surface area contributed by atoms with Gasteiger partial charge in [-0.1, -0.05) is 51.1 Å². The van der Waals surface area contributed by atoms with Crippen LogP contribution in [0.2, 0.25) is 0 Å². The zero-order valence-corrected chi connectivity index (χ0v) is 21.4. The van der Waals surface area contributed by atoms with Gasteiger partial charge < -0.3 is 10.1 Å². The number of carbonyl (C=O) groups excluding carboxylic acids is 1. The summed E-state index contributed by atoms with van der Waals surface area (Å²) in [5.74, 6) is 1.43. The summed E-state index contributed by atoms with van der Waals surface area (Å²) in [5, 5.41) is 17.8. The number of benzene rings is 2. The van der Waals surface area contributed by atoms with E-state index in [1.54, 1.807) is 0 Å². The highest BCUT2D eigenvalue weighted by atomic mass is 16.5. The van der Waals surface area contributed by atoms with Gasteiger partial charge in [-0.05, 0) is 60.6 Å². The Balaban J connectivity index is 1.43. The molecule has 0 saturated carbocycles. The van der Waals surface area contributed by atoms with Crippen LogP contribution in [-0.4, -0.2) is 27.3 Å². The monoisotopic (exact) mass is 481 g/mol. The Labute approximate surface area is 211 Å². The van der Waals surface area contributed by atoms with Gasteiger partial charge in [-0.25, -0.2) is 4.98 Å². The Bertz CT molecular complexity index is 1440. The number of nitrogens with one attached hydrogen (secondary N) is 1. The van der Waals surface area contributed by atoms with Crippen LogP contribution in [0.1, 0.15) is 55.9 Å². The molecule has 2 aromatic carbocycles. The maximum atomic E-state index is 12.7. The van der Waals surface area contributed by atoms with Crippen LogP contribution in [0.25, 0.3) is 16.7 Å². The topological polar surface area (TPSA) is 92.8 Å². The maximum Gasteiger partial charge on any atom is 0.225 e. The zero-order chi connectivity index (χ0) is 25.9. The first-order chi connectivity index (χ1) is 17.2. The normalized spacial score (nSPS) is 11.3. The van der Waals surface area contributed by atoms with Gasteiger partial charge in [0.1, 0.15) is 17.4 Å². The van der Waals surface area contributed by atoms with E-state index in [0.717, 1.165) is 27.8 Å². The molecule has 0 bridgehead atoms. The number of ether oxygens (including phenoxy) is 1. The number of rotatable bonds is 7. The number of amides is 1. The van der Waals surface area contributed by atoms with Crippen molar-refractivity contribution in [2.24, 2.45) is 0 Å². The van der Waals surface area contributed by atoms with Gasteiger partial charge in [0, 0.05) is 11.8 Å². The Kier molecular flexibility index (Phi) is 7.07. The molecular weight excluding hydrogens is 450 g/mol. The summed E-state index contributed by atoms with van der Waals surface area (Å²) >= 11 is 0. The molecule has 0 saturated heterocycles. The van der Waals surface area contributed by atoms with Crippen molar-refractivity contribution in [2.45, 2.75) is 52.9 Å². The number of para-hydroxylation sites is 1. The summed E-state index contributed by atoms with van der Waals surface area (Å²) in [7, 11) is 0. The van der Waals surface area contributed by atoms with E-state index in [9.17, 15) is 10.1 Å². The highest BCUT2D eigenvalue weighted by molar-refractivity contribution is 5.91. The molecule has 0 atom stereocenters. The molecule has 0 aliphatic heterocycles. The number of nitriles is 1.